The highest BCUT2D eigenvalue weighted by atomic mass is 15.1. The van der Waals surface area contributed by atoms with Crippen molar-refractivity contribution in [3.63, 3.8) is 0 Å². The van der Waals surface area contributed by atoms with Gasteiger partial charge in [-0.25, -0.2) is 0 Å². The molecule has 0 amide bonds. The topological polar surface area (TPSA) is 8.17 Å². The first-order chi connectivity index (χ1) is 31.7. The van der Waals surface area contributed by atoms with E-state index in [2.05, 4.69) is 264 Å². The molecule has 0 aliphatic rings. The maximum absolute atomic E-state index is 2.37. The predicted octanol–water partition coefficient (Wildman–Crippen LogP) is 17.2. The number of para-hydroxylation sites is 2. The molecule has 2 nitrogen and oxygen atoms in total. The lowest BCUT2D eigenvalue weighted by atomic mass is 9.97. The van der Waals surface area contributed by atoms with E-state index in [1.807, 2.05) is 0 Å². The Morgan fingerprint density at radius 1 is 0.250 bits per heavy atom. The molecule has 0 atom stereocenters. The van der Waals surface area contributed by atoms with Gasteiger partial charge in [0, 0.05) is 33.5 Å². The Labute approximate surface area is 373 Å². The van der Waals surface area contributed by atoms with E-state index in [0.29, 0.717) is 0 Å². The summed E-state index contributed by atoms with van der Waals surface area (Å²) >= 11 is 0. The largest absolute Gasteiger partial charge is 0.311 e. The minimum absolute atomic E-state index is 1.10. The summed E-state index contributed by atoms with van der Waals surface area (Å²) in [6.07, 6.45) is 0. The van der Waals surface area contributed by atoms with E-state index < -0.39 is 0 Å². The molecule has 0 radical (unpaired) electrons. The van der Waals surface area contributed by atoms with E-state index in [1.165, 1.54) is 93.5 Å². The second-order valence-electron chi connectivity index (χ2n) is 16.6. The van der Waals surface area contributed by atoms with Crippen LogP contribution >= 0.6 is 0 Å². The summed E-state index contributed by atoms with van der Waals surface area (Å²) in [4.78, 5) is 2.36. The molecule has 1 heterocycles. The molecule has 1 aromatic heterocycles. The van der Waals surface area contributed by atoms with Crippen LogP contribution in [-0.4, -0.2) is 4.57 Å². The van der Waals surface area contributed by atoms with Gasteiger partial charge in [0.2, 0.25) is 0 Å². The number of aromatic nitrogens is 1. The molecule has 0 aliphatic heterocycles. The molecule has 0 spiro atoms. The fourth-order valence-corrected chi connectivity index (χ4v) is 9.55. The van der Waals surface area contributed by atoms with Gasteiger partial charge in [-0.1, -0.05) is 182 Å². The molecule has 0 N–H and O–H groups in total. The SMILES string of the molecule is c1ccc(-n2c3ccccc3c3cc(-c4ccc(-c5ccc(N(c6ccc(-c7ccc8ccccc8c7)cc6)c6ccc(-c7cccc8ccccc78)cc6)cc5)cc4)ccc32)cc1. The molecule has 0 fully saturated rings. The predicted molar refractivity (Wildman–Crippen MR) is 272 cm³/mol. The van der Waals surface area contributed by atoms with Crippen molar-refractivity contribution >= 4 is 60.4 Å². The van der Waals surface area contributed by atoms with Gasteiger partial charge < -0.3 is 9.47 Å². The fourth-order valence-electron chi connectivity index (χ4n) is 9.55. The second-order valence-corrected chi connectivity index (χ2v) is 16.6. The lowest BCUT2D eigenvalue weighted by molar-refractivity contribution is 1.18. The number of hydrogen-bond acceptors (Lipinski definition) is 1. The first-order valence-electron chi connectivity index (χ1n) is 22.0. The molecule has 12 rings (SSSR count). The molecule has 11 aromatic carbocycles. The van der Waals surface area contributed by atoms with Crippen LogP contribution in [0, 0.1) is 0 Å². The third kappa shape index (κ3) is 6.70. The van der Waals surface area contributed by atoms with Crippen molar-refractivity contribution in [3.8, 4) is 50.2 Å². The van der Waals surface area contributed by atoms with E-state index in [4.69, 9.17) is 0 Å². The molecular weight excluding hydrogens is 773 g/mol. The number of rotatable bonds is 8. The molecule has 12 aromatic rings. The van der Waals surface area contributed by atoms with Gasteiger partial charge in [0.15, 0.2) is 0 Å². The number of benzene rings is 11. The van der Waals surface area contributed by atoms with E-state index >= 15 is 0 Å². The van der Waals surface area contributed by atoms with Gasteiger partial charge >= 0.3 is 0 Å². The third-order valence-electron chi connectivity index (χ3n) is 12.8. The Balaban J connectivity index is 0.869. The first kappa shape index (κ1) is 37.3. The summed E-state index contributed by atoms with van der Waals surface area (Å²) in [6, 6.07) is 92.6. The number of nitrogens with zero attached hydrogens (tertiary/aromatic N) is 2. The van der Waals surface area contributed by atoms with Gasteiger partial charge in [-0.2, -0.15) is 0 Å². The van der Waals surface area contributed by atoms with Crippen LogP contribution in [0.1, 0.15) is 0 Å². The summed E-state index contributed by atoms with van der Waals surface area (Å²) in [6.45, 7) is 0. The van der Waals surface area contributed by atoms with Crippen molar-refractivity contribution in [2.75, 3.05) is 4.90 Å². The summed E-state index contributed by atoms with van der Waals surface area (Å²) in [5.74, 6) is 0. The lowest BCUT2D eigenvalue weighted by Gasteiger charge is -2.26. The quantitative estimate of drug-likeness (QED) is 0.148. The standard InChI is InChI=1S/C62H42N2/c1-2-15-53(16-3-1)64-61-20-9-8-18-59(61)60-42-52(33-40-62(60)64)46-23-21-44(22-24-46)45-27-34-54(35-28-45)63(55-36-29-47(30-37-55)51-26-25-43-11-4-5-13-50(43)41-51)56-38-31-49(32-39-56)58-19-10-14-48-12-6-7-17-57(48)58/h1-42H. The minimum atomic E-state index is 1.10. The molecule has 64 heavy (non-hydrogen) atoms. The number of anilines is 3. The van der Waals surface area contributed by atoms with Crippen molar-refractivity contribution in [2.45, 2.75) is 0 Å². The van der Waals surface area contributed by atoms with Crippen LogP contribution in [0.25, 0.3) is 93.5 Å². The van der Waals surface area contributed by atoms with Crippen LogP contribution < -0.4 is 4.90 Å². The van der Waals surface area contributed by atoms with E-state index in [0.717, 1.165) is 17.1 Å². The minimum Gasteiger partial charge on any atom is -0.311 e. The zero-order valence-electron chi connectivity index (χ0n) is 35.1. The maximum Gasteiger partial charge on any atom is 0.0541 e. The zero-order valence-corrected chi connectivity index (χ0v) is 35.1. The van der Waals surface area contributed by atoms with Crippen LogP contribution in [-0.2, 0) is 0 Å². The Kier molecular flexibility index (Phi) is 9.20. The van der Waals surface area contributed by atoms with Crippen molar-refractivity contribution < 1.29 is 0 Å². The molecule has 0 aliphatic carbocycles. The van der Waals surface area contributed by atoms with Crippen molar-refractivity contribution in [2.24, 2.45) is 0 Å². The highest BCUT2D eigenvalue weighted by Gasteiger charge is 2.16. The number of hydrogen-bond donors (Lipinski definition) is 0. The highest BCUT2D eigenvalue weighted by Crippen LogP contribution is 2.40. The Morgan fingerprint density at radius 2 is 0.703 bits per heavy atom. The molecule has 2 heteroatoms. The van der Waals surface area contributed by atoms with Crippen LogP contribution in [0.3, 0.4) is 0 Å². The smallest absolute Gasteiger partial charge is 0.0541 e. The average Bonchev–Trinajstić information content (AvgIpc) is 3.71. The van der Waals surface area contributed by atoms with E-state index in [-0.39, 0.29) is 0 Å². The lowest BCUT2D eigenvalue weighted by Crippen LogP contribution is -2.09. The Bertz CT molecular complexity index is 3620. The fraction of sp³-hybridized carbons (Fsp3) is 0. The summed E-state index contributed by atoms with van der Waals surface area (Å²) in [7, 11) is 0. The van der Waals surface area contributed by atoms with E-state index in [1.54, 1.807) is 0 Å². The summed E-state index contributed by atoms with van der Waals surface area (Å²) in [5, 5.41) is 7.52. The third-order valence-corrected chi connectivity index (χ3v) is 12.8. The Morgan fingerprint density at radius 3 is 1.38 bits per heavy atom. The van der Waals surface area contributed by atoms with Crippen molar-refractivity contribution in [3.05, 3.63) is 255 Å². The maximum atomic E-state index is 2.37. The molecule has 0 saturated carbocycles. The second kappa shape index (κ2) is 15.8. The van der Waals surface area contributed by atoms with Crippen LogP contribution in [0.2, 0.25) is 0 Å². The zero-order chi connectivity index (χ0) is 42.4. The molecule has 0 saturated heterocycles. The highest BCUT2D eigenvalue weighted by molar-refractivity contribution is 6.10. The number of fused-ring (bicyclic) bond motifs is 5. The van der Waals surface area contributed by atoms with Crippen molar-refractivity contribution in [1.29, 1.82) is 0 Å². The van der Waals surface area contributed by atoms with Gasteiger partial charge in [-0.15, -0.1) is 0 Å². The normalized spacial score (nSPS) is 11.4. The van der Waals surface area contributed by atoms with Crippen LogP contribution in [0.15, 0.2) is 255 Å². The molecule has 0 bridgehead atoms. The monoisotopic (exact) mass is 814 g/mol. The molecule has 0 unspecified atom stereocenters. The van der Waals surface area contributed by atoms with Gasteiger partial charge in [-0.05, 0) is 139 Å². The Hall–Kier alpha value is -8.46. The molecule has 300 valence electrons. The first-order valence-corrected chi connectivity index (χ1v) is 22.0. The van der Waals surface area contributed by atoms with Gasteiger partial charge in [0.25, 0.3) is 0 Å². The summed E-state index contributed by atoms with van der Waals surface area (Å²) in [5.41, 5.74) is 16.5. The van der Waals surface area contributed by atoms with Gasteiger partial charge in [-0.3, -0.25) is 0 Å². The van der Waals surface area contributed by atoms with Crippen LogP contribution in [0.5, 0.6) is 0 Å². The molecular formula is C62H42N2. The summed E-state index contributed by atoms with van der Waals surface area (Å²) < 4.78 is 2.37. The van der Waals surface area contributed by atoms with Crippen molar-refractivity contribution in [1.82, 2.24) is 4.57 Å². The van der Waals surface area contributed by atoms with Gasteiger partial charge in [0.05, 0.1) is 11.0 Å². The average molecular weight is 815 g/mol. The van der Waals surface area contributed by atoms with Gasteiger partial charge in [0.1, 0.15) is 0 Å². The van der Waals surface area contributed by atoms with E-state index in [9.17, 15) is 0 Å². The van der Waals surface area contributed by atoms with Crippen LogP contribution in [0.4, 0.5) is 17.1 Å².